The highest BCUT2D eigenvalue weighted by atomic mass is 35.5. The minimum absolute atomic E-state index is 0.0388. The molecular formula is C14H20ClNO3. The molecule has 1 aromatic carbocycles. The standard InChI is InChI=1S/C14H20ClNO3/c1-11(2)9-16(10-14(17)18)6-7-19-13-5-3-4-12(15)8-13/h3-5,8,11H,6-7,9-10H2,1-2H3,(H,17,18). The lowest BCUT2D eigenvalue weighted by atomic mass is 10.2. The zero-order valence-corrected chi connectivity index (χ0v) is 12.1. The van der Waals surface area contributed by atoms with E-state index in [1.54, 1.807) is 12.1 Å². The second-order valence-corrected chi connectivity index (χ2v) is 5.26. The molecule has 1 rings (SSSR count). The predicted molar refractivity (Wildman–Crippen MR) is 75.9 cm³/mol. The Hall–Kier alpha value is -1.26. The van der Waals surface area contributed by atoms with Crippen molar-refractivity contribution < 1.29 is 14.6 Å². The third kappa shape index (κ3) is 7.03. The Morgan fingerprint density at radius 2 is 2.21 bits per heavy atom. The third-order valence-corrected chi connectivity index (χ3v) is 2.69. The molecule has 0 aliphatic rings. The number of carbonyl (C=O) groups is 1. The average Bonchev–Trinajstić information content (AvgIpc) is 2.27. The SMILES string of the molecule is CC(C)CN(CCOc1cccc(Cl)c1)CC(=O)O. The number of benzene rings is 1. The van der Waals surface area contributed by atoms with Crippen LogP contribution < -0.4 is 4.74 Å². The fraction of sp³-hybridized carbons (Fsp3) is 0.500. The summed E-state index contributed by atoms with van der Waals surface area (Å²) < 4.78 is 5.56. The molecule has 0 heterocycles. The van der Waals surface area contributed by atoms with Crippen molar-refractivity contribution in [2.75, 3.05) is 26.2 Å². The highest BCUT2D eigenvalue weighted by molar-refractivity contribution is 6.30. The molecule has 0 atom stereocenters. The quantitative estimate of drug-likeness (QED) is 0.798. The first-order valence-electron chi connectivity index (χ1n) is 6.30. The summed E-state index contributed by atoms with van der Waals surface area (Å²) in [6.07, 6.45) is 0. The van der Waals surface area contributed by atoms with Gasteiger partial charge in [-0.2, -0.15) is 0 Å². The maximum atomic E-state index is 10.8. The Labute approximate surface area is 118 Å². The summed E-state index contributed by atoms with van der Waals surface area (Å²) in [5.41, 5.74) is 0. The molecular weight excluding hydrogens is 266 g/mol. The number of carboxylic acid groups (broad SMARTS) is 1. The fourth-order valence-electron chi connectivity index (χ4n) is 1.79. The van der Waals surface area contributed by atoms with E-state index >= 15 is 0 Å². The van der Waals surface area contributed by atoms with Gasteiger partial charge >= 0.3 is 5.97 Å². The number of ether oxygens (including phenoxy) is 1. The molecule has 19 heavy (non-hydrogen) atoms. The molecule has 4 nitrogen and oxygen atoms in total. The molecule has 0 saturated heterocycles. The largest absolute Gasteiger partial charge is 0.492 e. The number of carboxylic acids is 1. The van der Waals surface area contributed by atoms with Gasteiger partial charge in [-0.25, -0.2) is 0 Å². The van der Waals surface area contributed by atoms with Gasteiger partial charge in [0.25, 0.3) is 0 Å². The monoisotopic (exact) mass is 285 g/mol. The smallest absolute Gasteiger partial charge is 0.317 e. The Balaban J connectivity index is 2.40. The number of nitrogens with zero attached hydrogens (tertiary/aromatic N) is 1. The highest BCUT2D eigenvalue weighted by Gasteiger charge is 2.11. The van der Waals surface area contributed by atoms with Crippen LogP contribution in [0.5, 0.6) is 5.75 Å². The van der Waals surface area contributed by atoms with Crippen molar-refractivity contribution in [2.45, 2.75) is 13.8 Å². The summed E-state index contributed by atoms with van der Waals surface area (Å²) in [7, 11) is 0. The van der Waals surface area contributed by atoms with Crippen LogP contribution in [-0.4, -0.2) is 42.2 Å². The lowest BCUT2D eigenvalue weighted by molar-refractivity contribution is -0.138. The first kappa shape index (κ1) is 15.8. The van der Waals surface area contributed by atoms with E-state index in [0.29, 0.717) is 29.8 Å². The highest BCUT2D eigenvalue weighted by Crippen LogP contribution is 2.16. The molecule has 0 radical (unpaired) electrons. The summed E-state index contributed by atoms with van der Waals surface area (Å²) in [6, 6.07) is 7.17. The molecule has 0 spiro atoms. The van der Waals surface area contributed by atoms with E-state index in [9.17, 15) is 4.79 Å². The van der Waals surface area contributed by atoms with E-state index in [0.717, 1.165) is 6.54 Å². The van der Waals surface area contributed by atoms with Crippen LogP contribution in [0.2, 0.25) is 5.02 Å². The molecule has 5 heteroatoms. The molecule has 0 saturated carbocycles. The number of hydrogen-bond acceptors (Lipinski definition) is 3. The lowest BCUT2D eigenvalue weighted by Gasteiger charge is -2.22. The molecule has 1 aromatic rings. The topological polar surface area (TPSA) is 49.8 Å². The van der Waals surface area contributed by atoms with Gasteiger partial charge in [0.05, 0.1) is 6.54 Å². The van der Waals surface area contributed by atoms with Gasteiger partial charge in [-0.3, -0.25) is 9.69 Å². The zero-order valence-electron chi connectivity index (χ0n) is 11.3. The van der Waals surface area contributed by atoms with Gasteiger partial charge in [0.1, 0.15) is 12.4 Å². The van der Waals surface area contributed by atoms with E-state index in [2.05, 4.69) is 13.8 Å². The first-order chi connectivity index (χ1) is 8.97. The van der Waals surface area contributed by atoms with Crippen molar-refractivity contribution in [3.05, 3.63) is 29.3 Å². The lowest BCUT2D eigenvalue weighted by Crippen LogP contribution is -2.36. The molecule has 106 valence electrons. The summed E-state index contributed by atoms with van der Waals surface area (Å²) in [6.45, 7) is 5.93. The minimum atomic E-state index is -0.816. The molecule has 1 N–H and O–H groups in total. The van der Waals surface area contributed by atoms with Crippen LogP contribution in [0.25, 0.3) is 0 Å². The molecule has 0 bridgehead atoms. The van der Waals surface area contributed by atoms with Crippen molar-refractivity contribution >= 4 is 17.6 Å². The normalized spacial score (nSPS) is 11.0. The van der Waals surface area contributed by atoms with Gasteiger partial charge in [0.2, 0.25) is 0 Å². The van der Waals surface area contributed by atoms with Crippen LogP contribution in [0.15, 0.2) is 24.3 Å². The van der Waals surface area contributed by atoms with E-state index in [1.165, 1.54) is 0 Å². The van der Waals surface area contributed by atoms with Crippen LogP contribution in [-0.2, 0) is 4.79 Å². The summed E-state index contributed by atoms with van der Waals surface area (Å²) in [5, 5.41) is 9.48. The van der Waals surface area contributed by atoms with Gasteiger partial charge in [-0.05, 0) is 24.1 Å². The van der Waals surface area contributed by atoms with Crippen LogP contribution >= 0.6 is 11.6 Å². The van der Waals surface area contributed by atoms with Crippen LogP contribution in [0.3, 0.4) is 0 Å². The van der Waals surface area contributed by atoms with Crippen molar-refractivity contribution in [3.8, 4) is 5.75 Å². The number of aliphatic carboxylic acids is 1. The second kappa shape index (κ2) is 8.02. The summed E-state index contributed by atoms with van der Waals surface area (Å²) >= 11 is 5.86. The van der Waals surface area contributed by atoms with E-state index in [1.807, 2.05) is 17.0 Å². The van der Waals surface area contributed by atoms with Crippen molar-refractivity contribution in [2.24, 2.45) is 5.92 Å². The van der Waals surface area contributed by atoms with E-state index in [-0.39, 0.29) is 6.54 Å². The molecule has 0 aromatic heterocycles. The van der Waals surface area contributed by atoms with Gasteiger partial charge < -0.3 is 9.84 Å². The molecule has 0 aliphatic heterocycles. The molecule has 0 aliphatic carbocycles. The Morgan fingerprint density at radius 3 is 2.79 bits per heavy atom. The van der Waals surface area contributed by atoms with Crippen molar-refractivity contribution in [3.63, 3.8) is 0 Å². The van der Waals surface area contributed by atoms with Crippen LogP contribution in [0.4, 0.5) is 0 Å². The molecule has 0 amide bonds. The number of rotatable bonds is 8. The Bertz CT molecular complexity index is 409. The van der Waals surface area contributed by atoms with E-state index < -0.39 is 5.97 Å². The van der Waals surface area contributed by atoms with Crippen molar-refractivity contribution in [1.29, 1.82) is 0 Å². The molecule has 0 unspecified atom stereocenters. The fourth-order valence-corrected chi connectivity index (χ4v) is 1.97. The maximum absolute atomic E-state index is 10.8. The van der Waals surface area contributed by atoms with Gasteiger partial charge in [-0.15, -0.1) is 0 Å². The van der Waals surface area contributed by atoms with Crippen molar-refractivity contribution in [1.82, 2.24) is 4.90 Å². The molecule has 0 fully saturated rings. The Morgan fingerprint density at radius 1 is 1.47 bits per heavy atom. The maximum Gasteiger partial charge on any atom is 0.317 e. The average molecular weight is 286 g/mol. The third-order valence-electron chi connectivity index (χ3n) is 2.45. The number of halogens is 1. The minimum Gasteiger partial charge on any atom is -0.492 e. The number of hydrogen-bond donors (Lipinski definition) is 1. The summed E-state index contributed by atoms with van der Waals surface area (Å²) in [5.74, 6) is 0.307. The van der Waals surface area contributed by atoms with E-state index in [4.69, 9.17) is 21.4 Å². The first-order valence-corrected chi connectivity index (χ1v) is 6.67. The zero-order chi connectivity index (χ0) is 14.3. The second-order valence-electron chi connectivity index (χ2n) is 4.83. The van der Waals surface area contributed by atoms with Gasteiger partial charge in [0, 0.05) is 18.1 Å². The summed E-state index contributed by atoms with van der Waals surface area (Å²) in [4.78, 5) is 12.6. The van der Waals surface area contributed by atoms with Crippen LogP contribution in [0.1, 0.15) is 13.8 Å². The van der Waals surface area contributed by atoms with Gasteiger partial charge in [-0.1, -0.05) is 31.5 Å². The Kier molecular flexibility index (Phi) is 6.67. The van der Waals surface area contributed by atoms with Crippen LogP contribution in [0, 0.1) is 5.92 Å². The predicted octanol–water partition coefficient (Wildman–Crippen LogP) is 2.76. The van der Waals surface area contributed by atoms with Gasteiger partial charge in [0.15, 0.2) is 0 Å².